The quantitative estimate of drug-likeness (QED) is 0.0132. The summed E-state index contributed by atoms with van der Waals surface area (Å²) in [5.74, 6) is -2.94. The van der Waals surface area contributed by atoms with Crippen LogP contribution in [0.3, 0.4) is 0 Å². The van der Waals surface area contributed by atoms with Crippen LogP contribution < -0.4 is 42.2 Å². The number of unbranched alkanes of at least 4 members (excludes halogenated alkanes) is 2. The van der Waals surface area contributed by atoms with Gasteiger partial charge in [0.1, 0.15) is 61.2 Å². The van der Waals surface area contributed by atoms with Gasteiger partial charge in [0.05, 0.1) is 18.0 Å². The first-order chi connectivity index (χ1) is 37.1. The van der Waals surface area contributed by atoms with Gasteiger partial charge in [0.2, 0.25) is 23.7 Å². The fraction of sp³-hybridized carbons (Fsp3) is 0.623. The van der Waals surface area contributed by atoms with E-state index in [-0.39, 0.29) is 80.2 Å². The average molecular weight is 1160 g/mol. The molecule has 1 heterocycles. The molecule has 0 saturated heterocycles. The lowest BCUT2D eigenvalue weighted by Gasteiger charge is -2.35. The highest BCUT2D eigenvalue weighted by molar-refractivity contribution is 7.90. The van der Waals surface area contributed by atoms with Crippen LogP contribution in [0.5, 0.6) is 5.75 Å². The van der Waals surface area contributed by atoms with Gasteiger partial charge in [0, 0.05) is 39.6 Å². The van der Waals surface area contributed by atoms with Crippen LogP contribution in [0.4, 0.5) is 9.59 Å². The van der Waals surface area contributed by atoms with Crippen LogP contribution in [0.1, 0.15) is 130 Å². The Morgan fingerprint density at radius 2 is 1.39 bits per heavy atom. The molecule has 0 saturated carbocycles. The second kappa shape index (κ2) is 38.3. The Balaban J connectivity index is 0. The van der Waals surface area contributed by atoms with E-state index in [1.807, 2.05) is 41.5 Å². The van der Waals surface area contributed by atoms with E-state index >= 15 is 0 Å². The van der Waals surface area contributed by atoms with Crippen molar-refractivity contribution >= 4 is 70.1 Å². The molecule has 1 aliphatic rings. The predicted octanol–water partition coefficient (Wildman–Crippen LogP) is 3.61. The number of benzene rings is 1. The minimum absolute atomic E-state index is 0.0100. The highest BCUT2D eigenvalue weighted by Crippen LogP contribution is 2.42. The van der Waals surface area contributed by atoms with E-state index < -0.39 is 76.6 Å². The molecule has 0 unspecified atom stereocenters. The lowest BCUT2D eigenvalue weighted by atomic mass is 9.88. The maximum atomic E-state index is 13.6. The summed E-state index contributed by atoms with van der Waals surface area (Å²) in [4.78, 5) is 107. The van der Waals surface area contributed by atoms with Crippen LogP contribution in [0.15, 0.2) is 35.2 Å². The SMILES string of the molecule is C=CC(=O)OCCOC(=O)NCCCCCC(=O)N[C@@H](CCCN=C(N)NS(=O)(=O)c1c(C)c(C)c2c(c1C)CCC(C)(C)O2)C(=O)NCC(=O)NCC(=O)OC(C)(C)C.C=CC=O.CC(=O)OC(C)(C)C.COCCOC(N)=O. The Bertz CT molecular complexity index is 2370. The predicted molar refractivity (Wildman–Crippen MR) is 298 cm³/mol. The van der Waals surface area contributed by atoms with Gasteiger partial charge in [-0.1, -0.05) is 19.6 Å². The molecular weight excluding hydrogens is 1070 g/mol. The molecule has 9 N–H and O–H groups in total. The van der Waals surface area contributed by atoms with Gasteiger partial charge in [-0.2, -0.15) is 0 Å². The van der Waals surface area contributed by atoms with E-state index in [2.05, 4.69) is 59.3 Å². The van der Waals surface area contributed by atoms with E-state index in [1.165, 1.54) is 20.1 Å². The monoisotopic (exact) mass is 1160 g/mol. The number of guanidine groups is 1. The topological polar surface area (TPSA) is 377 Å². The van der Waals surface area contributed by atoms with Crippen molar-refractivity contribution in [2.45, 2.75) is 162 Å². The molecule has 454 valence electrons. The van der Waals surface area contributed by atoms with Crippen LogP contribution in [-0.4, -0.2) is 151 Å². The number of primary amides is 1. The number of sulfonamides is 1. The zero-order valence-corrected chi connectivity index (χ0v) is 49.7. The fourth-order valence-electron chi connectivity index (χ4n) is 6.72. The van der Waals surface area contributed by atoms with Crippen molar-refractivity contribution in [1.29, 1.82) is 0 Å². The van der Waals surface area contributed by atoms with Crippen molar-refractivity contribution in [3.8, 4) is 5.75 Å². The minimum atomic E-state index is -4.14. The van der Waals surface area contributed by atoms with E-state index in [0.717, 1.165) is 23.6 Å². The third-order valence-corrected chi connectivity index (χ3v) is 11.8. The normalized spacial score (nSPS) is 12.7. The van der Waals surface area contributed by atoms with Crippen molar-refractivity contribution < 1.29 is 84.7 Å². The average Bonchev–Trinajstić information content (AvgIpc) is 3.33. The molecule has 1 atom stereocenters. The molecule has 0 aliphatic carbocycles. The highest BCUT2D eigenvalue weighted by atomic mass is 32.2. The number of aldehydes is 1. The second-order valence-electron chi connectivity index (χ2n) is 20.1. The van der Waals surface area contributed by atoms with Gasteiger partial charge in [-0.25, -0.2) is 27.5 Å². The van der Waals surface area contributed by atoms with Crippen molar-refractivity contribution in [2.24, 2.45) is 16.5 Å². The van der Waals surface area contributed by atoms with Gasteiger partial charge in [-0.05, 0) is 143 Å². The molecule has 1 aromatic rings. The molecule has 26 nitrogen and oxygen atoms in total. The van der Waals surface area contributed by atoms with Gasteiger partial charge < -0.3 is 65.9 Å². The lowest BCUT2D eigenvalue weighted by Crippen LogP contribution is -2.49. The summed E-state index contributed by atoms with van der Waals surface area (Å²) in [6.07, 6.45) is 4.55. The van der Waals surface area contributed by atoms with Gasteiger partial charge in [0.15, 0.2) is 0 Å². The molecular formula is C53H88N8O18S. The zero-order valence-electron chi connectivity index (χ0n) is 48.9. The number of esters is 3. The Labute approximate surface area is 471 Å². The number of ether oxygens (including phenoxy) is 7. The number of fused-ring (bicyclic) bond motifs is 1. The van der Waals surface area contributed by atoms with Crippen LogP contribution >= 0.6 is 0 Å². The number of carbonyl (C=O) groups excluding carboxylic acids is 9. The highest BCUT2D eigenvalue weighted by Gasteiger charge is 2.34. The number of nitrogens with one attached hydrogen (secondary N) is 5. The number of hydrogen-bond donors (Lipinski definition) is 7. The van der Waals surface area contributed by atoms with Gasteiger partial charge in [-0.3, -0.25) is 33.8 Å². The number of nitrogens with two attached hydrogens (primary N) is 2. The number of aliphatic imine (C=N–C) groups is 1. The molecule has 0 aromatic heterocycles. The van der Waals surface area contributed by atoms with Gasteiger partial charge in [-0.15, -0.1) is 0 Å². The Morgan fingerprint density at radius 3 is 1.93 bits per heavy atom. The Morgan fingerprint density at radius 1 is 0.787 bits per heavy atom. The summed E-state index contributed by atoms with van der Waals surface area (Å²) in [6, 6.07) is -1.09. The summed E-state index contributed by atoms with van der Waals surface area (Å²) in [5.41, 5.74) is 11.9. The van der Waals surface area contributed by atoms with Gasteiger partial charge >= 0.3 is 30.1 Å². The Kier molecular flexibility index (Phi) is 35.8. The standard InChI is InChI=1S/C40H63N7O12S.C6H12O2.C4H9NO3.C3H4O/c1-10-32(50)56-21-22-57-38(53)43-19-13-11-12-16-30(48)46-29(36(52)45-23-31(49)44-24-33(51)58-39(5,6)7)15-14-20-42-37(41)47-60(54,55)35-26(3)25(2)34-28(27(35)4)17-18-40(8,9)59-34;1-5(7)8-6(2,3)4;1-7-2-3-8-4(5)6;1-2-3-4/h10,29H,1,11-24H2,2-9H3,(H,43,53)(H,44,49)(H,45,52)(H,46,48)(H3,41,42,47);1-4H3;2-3H2,1H3,(H2,5,6);2-3H,1H2/t29-;;;/m0.../s1. The van der Waals surface area contributed by atoms with Crippen LogP contribution in [-0.2, 0) is 78.4 Å². The maximum Gasteiger partial charge on any atom is 0.407 e. The van der Waals surface area contributed by atoms with Crippen LogP contribution in [0, 0.1) is 20.8 Å². The Hall–Kier alpha value is -7.29. The number of rotatable bonds is 26. The number of allylic oxidation sites excluding steroid dienone is 1. The van der Waals surface area contributed by atoms with E-state index in [0.29, 0.717) is 55.5 Å². The number of amides is 5. The van der Waals surface area contributed by atoms with Gasteiger partial charge in [0.25, 0.3) is 10.0 Å². The summed E-state index contributed by atoms with van der Waals surface area (Å²) < 4.78 is 64.2. The molecule has 1 aromatic carbocycles. The second-order valence-corrected chi connectivity index (χ2v) is 21.7. The fourth-order valence-corrected chi connectivity index (χ4v) is 8.25. The zero-order chi connectivity index (χ0) is 61.9. The first kappa shape index (κ1) is 74.8. The molecule has 27 heteroatoms. The number of methoxy groups -OCH3 is 1. The van der Waals surface area contributed by atoms with E-state index in [1.54, 1.807) is 34.6 Å². The summed E-state index contributed by atoms with van der Waals surface area (Å²) in [5, 5.41) is 10.1. The molecule has 0 spiro atoms. The first-order valence-corrected chi connectivity index (χ1v) is 27.1. The molecule has 1 aliphatic heterocycles. The van der Waals surface area contributed by atoms with Crippen molar-refractivity contribution in [2.75, 3.05) is 59.7 Å². The van der Waals surface area contributed by atoms with E-state index in [4.69, 9.17) is 34.2 Å². The number of hydrogen-bond acceptors (Lipinski definition) is 19. The number of nitrogens with zero attached hydrogens (tertiary/aromatic N) is 1. The summed E-state index contributed by atoms with van der Waals surface area (Å²) in [6.45, 7) is 27.4. The third kappa shape index (κ3) is 36.0. The summed E-state index contributed by atoms with van der Waals surface area (Å²) >= 11 is 0. The molecule has 0 bridgehead atoms. The molecule has 5 amide bonds. The van der Waals surface area contributed by atoms with E-state index in [9.17, 15) is 46.8 Å². The van der Waals surface area contributed by atoms with Crippen LogP contribution in [0.25, 0.3) is 0 Å². The largest absolute Gasteiger partial charge is 0.487 e. The molecule has 80 heavy (non-hydrogen) atoms. The minimum Gasteiger partial charge on any atom is -0.487 e. The van der Waals surface area contributed by atoms with Crippen molar-refractivity contribution in [3.05, 3.63) is 47.6 Å². The lowest BCUT2D eigenvalue weighted by molar-refractivity contribution is -0.154. The van der Waals surface area contributed by atoms with Crippen LogP contribution in [0.2, 0.25) is 0 Å². The first-order valence-electron chi connectivity index (χ1n) is 25.6. The smallest absolute Gasteiger partial charge is 0.407 e. The molecule has 2 rings (SSSR count). The van der Waals surface area contributed by atoms with Crippen molar-refractivity contribution in [1.82, 2.24) is 26.0 Å². The molecule has 0 radical (unpaired) electrons. The third-order valence-electron chi connectivity index (χ3n) is 10.2. The summed E-state index contributed by atoms with van der Waals surface area (Å²) in [7, 11) is -2.63. The van der Waals surface area contributed by atoms with Crippen molar-refractivity contribution in [3.63, 3.8) is 0 Å². The maximum absolute atomic E-state index is 13.6. The number of alkyl carbamates (subject to hydrolysis) is 1. The number of carbonyl (C=O) groups is 9. The molecule has 0 fully saturated rings.